The van der Waals surface area contributed by atoms with Crippen molar-refractivity contribution in [3.8, 4) is 5.69 Å². The lowest BCUT2D eigenvalue weighted by atomic mass is 10.2. The molecule has 10 heteroatoms. The van der Waals surface area contributed by atoms with E-state index >= 15 is 0 Å². The minimum atomic E-state index is -4.59. The Hall–Kier alpha value is -1.25. The molecule has 2 aromatic rings. The van der Waals surface area contributed by atoms with Crippen LogP contribution in [0.1, 0.15) is 5.56 Å². The van der Waals surface area contributed by atoms with E-state index in [-0.39, 0.29) is 20.8 Å². The van der Waals surface area contributed by atoms with Crippen LogP contribution in [0.15, 0.2) is 29.4 Å². The first-order chi connectivity index (χ1) is 9.50. The van der Waals surface area contributed by atoms with Crippen LogP contribution < -0.4 is 0 Å². The van der Waals surface area contributed by atoms with Crippen molar-refractivity contribution in [2.45, 2.75) is 11.2 Å². The molecular formula is C11H7Cl2F3N2O2S. The summed E-state index contributed by atoms with van der Waals surface area (Å²) < 4.78 is 61.6. The van der Waals surface area contributed by atoms with Crippen LogP contribution in [0.4, 0.5) is 13.2 Å². The van der Waals surface area contributed by atoms with Gasteiger partial charge in [-0.1, -0.05) is 23.2 Å². The van der Waals surface area contributed by atoms with Gasteiger partial charge in [0, 0.05) is 12.5 Å². The van der Waals surface area contributed by atoms with Crippen molar-refractivity contribution in [3.05, 3.63) is 40.0 Å². The molecule has 0 aliphatic carbocycles. The van der Waals surface area contributed by atoms with E-state index in [1.807, 2.05) is 0 Å². The molecule has 1 aromatic heterocycles. The van der Waals surface area contributed by atoms with Gasteiger partial charge in [0.05, 0.1) is 15.6 Å². The van der Waals surface area contributed by atoms with E-state index in [0.29, 0.717) is 12.1 Å². The number of sulfone groups is 1. The fourth-order valence-electron chi connectivity index (χ4n) is 1.58. The van der Waals surface area contributed by atoms with Gasteiger partial charge in [0.15, 0.2) is 14.9 Å². The number of rotatable bonds is 2. The maximum absolute atomic E-state index is 12.6. The number of benzene rings is 1. The summed E-state index contributed by atoms with van der Waals surface area (Å²) in [4.78, 5) is 0. The molecule has 0 N–H and O–H groups in total. The van der Waals surface area contributed by atoms with Crippen LogP contribution in [0.3, 0.4) is 0 Å². The minimum absolute atomic E-state index is 0.0266. The number of hydrogen-bond donors (Lipinski definition) is 0. The smallest absolute Gasteiger partial charge is 0.237 e. The van der Waals surface area contributed by atoms with Crippen molar-refractivity contribution < 1.29 is 21.6 Å². The van der Waals surface area contributed by atoms with Gasteiger partial charge in [0.25, 0.3) is 0 Å². The molecule has 0 saturated carbocycles. The molecule has 0 aliphatic rings. The van der Waals surface area contributed by atoms with Crippen LogP contribution in [0.5, 0.6) is 0 Å². The summed E-state index contributed by atoms with van der Waals surface area (Å²) in [6.45, 7) is 0. The van der Waals surface area contributed by atoms with Gasteiger partial charge in [0.1, 0.15) is 5.69 Å². The van der Waals surface area contributed by atoms with E-state index < -0.39 is 21.6 Å². The average Bonchev–Trinajstić information content (AvgIpc) is 2.75. The molecule has 21 heavy (non-hydrogen) atoms. The second-order valence-corrected chi connectivity index (χ2v) is 6.93. The van der Waals surface area contributed by atoms with Crippen LogP contribution in [-0.4, -0.2) is 24.5 Å². The second kappa shape index (κ2) is 5.19. The first-order valence-corrected chi connectivity index (χ1v) is 7.97. The Labute approximate surface area is 128 Å². The van der Waals surface area contributed by atoms with Gasteiger partial charge in [-0.25, -0.2) is 13.1 Å². The molecule has 1 aromatic carbocycles. The highest BCUT2D eigenvalue weighted by molar-refractivity contribution is 7.90. The molecule has 0 unspecified atom stereocenters. The molecule has 2 rings (SSSR count). The summed E-state index contributed by atoms with van der Waals surface area (Å²) in [5.41, 5.74) is -1.03. The topological polar surface area (TPSA) is 52.0 Å². The lowest BCUT2D eigenvalue weighted by Gasteiger charge is -2.12. The van der Waals surface area contributed by atoms with Crippen molar-refractivity contribution >= 4 is 33.0 Å². The van der Waals surface area contributed by atoms with Gasteiger partial charge >= 0.3 is 6.18 Å². The summed E-state index contributed by atoms with van der Waals surface area (Å²) in [5.74, 6) is 0. The lowest BCUT2D eigenvalue weighted by molar-refractivity contribution is -0.137. The molecule has 0 amide bonds. The third-order valence-corrected chi connectivity index (χ3v) is 4.07. The van der Waals surface area contributed by atoms with Crippen molar-refractivity contribution in [3.63, 3.8) is 0 Å². The molecule has 0 atom stereocenters. The van der Waals surface area contributed by atoms with Crippen LogP contribution in [0.2, 0.25) is 10.0 Å². The summed E-state index contributed by atoms with van der Waals surface area (Å²) in [6.07, 6.45) is -2.39. The molecule has 4 nitrogen and oxygen atoms in total. The second-order valence-electron chi connectivity index (χ2n) is 4.16. The van der Waals surface area contributed by atoms with Crippen molar-refractivity contribution in [2.24, 2.45) is 0 Å². The molecule has 0 aliphatic heterocycles. The van der Waals surface area contributed by atoms with Gasteiger partial charge in [0.2, 0.25) is 0 Å². The van der Waals surface area contributed by atoms with E-state index in [2.05, 4.69) is 5.10 Å². The Morgan fingerprint density at radius 2 is 1.71 bits per heavy atom. The van der Waals surface area contributed by atoms with Gasteiger partial charge in [-0.05, 0) is 18.2 Å². The minimum Gasteiger partial charge on any atom is -0.237 e. The zero-order valence-electron chi connectivity index (χ0n) is 10.3. The predicted molar refractivity (Wildman–Crippen MR) is 71.7 cm³/mol. The fourth-order valence-corrected chi connectivity index (χ4v) is 2.78. The summed E-state index contributed by atoms with van der Waals surface area (Å²) in [6, 6.07) is 2.59. The number of halogens is 5. The normalized spacial score (nSPS) is 12.7. The van der Waals surface area contributed by atoms with Crippen molar-refractivity contribution in [2.75, 3.05) is 6.26 Å². The highest BCUT2D eigenvalue weighted by Crippen LogP contribution is 2.37. The fraction of sp³-hybridized carbons (Fsp3) is 0.182. The maximum Gasteiger partial charge on any atom is 0.416 e. The van der Waals surface area contributed by atoms with Crippen molar-refractivity contribution in [1.29, 1.82) is 0 Å². The van der Waals surface area contributed by atoms with E-state index in [1.165, 1.54) is 12.3 Å². The molecule has 0 spiro atoms. The zero-order chi connectivity index (χ0) is 16.0. The Morgan fingerprint density at radius 1 is 1.19 bits per heavy atom. The Bertz CT molecular complexity index is 777. The molecule has 1 heterocycles. The Balaban J connectivity index is 2.58. The van der Waals surface area contributed by atoms with E-state index in [9.17, 15) is 21.6 Å². The number of nitrogens with zero attached hydrogens (tertiary/aromatic N) is 2. The summed E-state index contributed by atoms with van der Waals surface area (Å²) in [7, 11) is -3.55. The number of hydrogen-bond acceptors (Lipinski definition) is 3. The largest absolute Gasteiger partial charge is 0.416 e. The molecule has 0 bridgehead atoms. The van der Waals surface area contributed by atoms with E-state index in [4.69, 9.17) is 23.2 Å². The van der Waals surface area contributed by atoms with E-state index in [0.717, 1.165) is 10.9 Å². The van der Waals surface area contributed by atoms with Crippen LogP contribution in [0, 0.1) is 0 Å². The maximum atomic E-state index is 12.6. The molecule has 114 valence electrons. The van der Waals surface area contributed by atoms with E-state index in [1.54, 1.807) is 0 Å². The number of aromatic nitrogens is 2. The molecule has 0 fully saturated rings. The molecule has 0 radical (unpaired) electrons. The lowest BCUT2D eigenvalue weighted by Crippen LogP contribution is -2.07. The highest BCUT2D eigenvalue weighted by atomic mass is 35.5. The third-order valence-electron chi connectivity index (χ3n) is 2.52. The Morgan fingerprint density at radius 3 is 2.10 bits per heavy atom. The third kappa shape index (κ3) is 3.33. The SMILES string of the molecule is CS(=O)(=O)c1ccn(-c2c(Cl)cc(C(F)(F)F)cc2Cl)n1. The predicted octanol–water partition coefficient (Wildman–Crippen LogP) is 3.60. The highest BCUT2D eigenvalue weighted by Gasteiger charge is 2.32. The van der Waals surface area contributed by atoms with Gasteiger partial charge in [-0.15, -0.1) is 0 Å². The average molecular weight is 359 g/mol. The molecular weight excluding hydrogens is 352 g/mol. The monoisotopic (exact) mass is 358 g/mol. The first kappa shape index (κ1) is 16.1. The standard InChI is InChI=1S/C11H7Cl2F3N2O2S/c1-21(19,20)9-2-3-18(17-9)10-7(12)4-6(5-8(10)13)11(14,15)16/h2-5H,1H3. The summed E-state index contributed by atoms with van der Waals surface area (Å²) >= 11 is 11.6. The summed E-state index contributed by atoms with van der Waals surface area (Å²) in [5, 5.41) is 2.92. The van der Waals surface area contributed by atoms with Gasteiger partial charge in [-0.3, -0.25) is 0 Å². The zero-order valence-corrected chi connectivity index (χ0v) is 12.6. The molecule has 0 saturated heterocycles. The van der Waals surface area contributed by atoms with Crippen LogP contribution >= 0.6 is 23.2 Å². The number of alkyl halides is 3. The Kier molecular flexibility index (Phi) is 3.98. The van der Waals surface area contributed by atoms with Crippen LogP contribution in [0.25, 0.3) is 5.69 Å². The van der Waals surface area contributed by atoms with Gasteiger partial charge in [-0.2, -0.15) is 18.3 Å². The first-order valence-electron chi connectivity index (χ1n) is 5.32. The van der Waals surface area contributed by atoms with Crippen LogP contribution in [-0.2, 0) is 16.0 Å². The van der Waals surface area contributed by atoms with Crippen molar-refractivity contribution in [1.82, 2.24) is 9.78 Å². The van der Waals surface area contributed by atoms with Gasteiger partial charge < -0.3 is 0 Å². The quantitative estimate of drug-likeness (QED) is 0.823.